The molecule has 80 valence electrons. The second-order valence-electron chi connectivity index (χ2n) is 3.32. The van der Waals surface area contributed by atoms with Crippen LogP contribution in [0.5, 0.6) is 0 Å². The molecule has 0 saturated heterocycles. The Bertz CT molecular complexity index is 341. The normalized spacial score (nSPS) is 11.2. The van der Waals surface area contributed by atoms with Crippen LogP contribution in [0, 0.1) is 0 Å². The Hall–Kier alpha value is -1.15. The minimum Gasteiger partial charge on any atom is -0.326 e. The predicted octanol–water partition coefficient (Wildman–Crippen LogP) is 4.15. The van der Waals surface area contributed by atoms with Gasteiger partial charge in [-0.05, 0) is 43.0 Å². The molecule has 0 radical (unpaired) electrons. The number of hydrogen-bond acceptors (Lipinski definition) is 2. The van der Waals surface area contributed by atoms with E-state index in [1.807, 2.05) is 25.1 Å². The number of hydrogen-bond donors (Lipinski definition) is 1. The quantitative estimate of drug-likeness (QED) is 0.589. The molecule has 0 heterocycles. The zero-order valence-electron chi connectivity index (χ0n) is 9.29. The molecule has 15 heavy (non-hydrogen) atoms. The van der Waals surface area contributed by atoms with Crippen LogP contribution in [0.15, 0.2) is 59.2 Å². The Morgan fingerprint density at radius 2 is 2.07 bits per heavy atom. The van der Waals surface area contributed by atoms with E-state index in [4.69, 9.17) is 0 Å². The van der Waals surface area contributed by atoms with Gasteiger partial charge in [0, 0.05) is 10.6 Å². The molecule has 1 N–H and O–H groups in total. The topological polar surface area (TPSA) is 12.0 Å². The molecular formula is C13H17NS. The van der Waals surface area contributed by atoms with Gasteiger partial charge in [0.25, 0.3) is 0 Å². The maximum Gasteiger partial charge on any atom is 0.0426 e. The van der Waals surface area contributed by atoms with Gasteiger partial charge in [-0.3, -0.25) is 0 Å². The molecule has 0 amide bonds. The summed E-state index contributed by atoms with van der Waals surface area (Å²) < 4.78 is 3.31. The standard InChI is InChI=1S/C13H17NS/c1-4-8-13(11(2)3)14-15-12-9-6-5-7-10-12/h5-10,14H,2,4H2,1,3H3/b13-8-. The smallest absolute Gasteiger partial charge is 0.0426 e. The summed E-state index contributed by atoms with van der Waals surface area (Å²) in [4.78, 5) is 1.21. The molecule has 0 unspecified atom stereocenters. The van der Waals surface area contributed by atoms with Crippen molar-refractivity contribution in [3.8, 4) is 0 Å². The molecule has 1 aromatic carbocycles. The zero-order chi connectivity index (χ0) is 11.1. The van der Waals surface area contributed by atoms with Crippen LogP contribution in [-0.2, 0) is 0 Å². The monoisotopic (exact) mass is 219 g/mol. The average molecular weight is 219 g/mol. The lowest BCUT2D eigenvalue weighted by atomic mass is 10.2. The van der Waals surface area contributed by atoms with E-state index in [1.54, 1.807) is 11.9 Å². The molecule has 1 rings (SSSR count). The van der Waals surface area contributed by atoms with Crippen molar-refractivity contribution in [3.05, 3.63) is 54.3 Å². The molecule has 1 aromatic rings. The minimum absolute atomic E-state index is 1.02. The molecule has 0 aliphatic heterocycles. The highest BCUT2D eigenvalue weighted by molar-refractivity contribution is 7.97. The van der Waals surface area contributed by atoms with Crippen LogP contribution >= 0.6 is 11.9 Å². The predicted molar refractivity (Wildman–Crippen MR) is 68.6 cm³/mol. The molecule has 0 aliphatic carbocycles. The van der Waals surface area contributed by atoms with Crippen LogP contribution in [0.25, 0.3) is 0 Å². The molecule has 0 bridgehead atoms. The van der Waals surface area contributed by atoms with Gasteiger partial charge < -0.3 is 4.72 Å². The van der Waals surface area contributed by atoms with Gasteiger partial charge in [0.15, 0.2) is 0 Å². The zero-order valence-corrected chi connectivity index (χ0v) is 10.1. The first-order valence-corrected chi connectivity index (χ1v) is 5.89. The molecule has 0 fully saturated rings. The van der Waals surface area contributed by atoms with Crippen LogP contribution in [0.3, 0.4) is 0 Å². The fourth-order valence-electron chi connectivity index (χ4n) is 1.11. The van der Waals surface area contributed by atoms with Crippen LogP contribution in [0.1, 0.15) is 20.3 Å². The second-order valence-corrected chi connectivity index (χ2v) is 4.20. The Balaban J connectivity index is 2.55. The summed E-state index contributed by atoms with van der Waals surface area (Å²) in [6.07, 6.45) is 3.17. The molecule has 2 heteroatoms. The van der Waals surface area contributed by atoms with E-state index in [2.05, 4.69) is 36.4 Å². The first kappa shape index (κ1) is 11.9. The van der Waals surface area contributed by atoms with Crippen molar-refractivity contribution in [1.82, 2.24) is 4.72 Å². The van der Waals surface area contributed by atoms with Gasteiger partial charge >= 0.3 is 0 Å². The van der Waals surface area contributed by atoms with Crippen molar-refractivity contribution in [2.24, 2.45) is 0 Å². The van der Waals surface area contributed by atoms with Crippen molar-refractivity contribution in [2.45, 2.75) is 25.2 Å². The van der Waals surface area contributed by atoms with Crippen molar-refractivity contribution in [2.75, 3.05) is 0 Å². The van der Waals surface area contributed by atoms with E-state index in [0.717, 1.165) is 17.7 Å². The van der Waals surface area contributed by atoms with Crippen molar-refractivity contribution < 1.29 is 0 Å². The highest BCUT2D eigenvalue weighted by Crippen LogP contribution is 2.17. The number of rotatable bonds is 5. The van der Waals surface area contributed by atoms with Gasteiger partial charge in [-0.25, -0.2) is 0 Å². The van der Waals surface area contributed by atoms with Crippen molar-refractivity contribution in [3.63, 3.8) is 0 Å². The van der Waals surface area contributed by atoms with Gasteiger partial charge in [0.2, 0.25) is 0 Å². The van der Waals surface area contributed by atoms with Crippen LogP contribution in [0.2, 0.25) is 0 Å². The summed E-state index contributed by atoms with van der Waals surface area (Å²) >= 11 is 1.62. The Morgan fingerprint density at radius 3 is 2.60 bits per heavy atom. The fraction of sp³-hybridized carbons (Fsp3) is 0.231. The number of nitrogens with one attached hydrogen (secondary N) is 1. The highest BCUT2D eigenvalue weighted by atomic mass is 32.2. The largest absolute Gasteiger partial charge is 0.326 e. The third-order valence-electron chi connectivity index (χ3n) is 1.89. The lowest BCUT2D eigenvalue weighted by Gasteiger charge is -2.09. The van der Waals surface area contributed by atoms with E-state index >= 15 is 0 Å². The second kappa shape index (κ2) is 6.36. The Morgan fingerprint density at radius 1 is 1.40 bits per heavy atom. The maximum atomic E-state index is 3.94. The SMILES string of the molecule is C=C(C)/C(=C/CC)NSc1ccccc1. The molecule has 0 aromatic heterocycles. The lowest BCUT2D eigenvalue weighted by molar-refractivity contribution is 1.12. The number of benzene rings is 1. The van der Waals surface area contributed by atoms with Gasteiger partial charge in [0.05, 0.1) is 0 Å². The van der Waals surface area contributed by atoms with Crippen LogP contribution in [-0.4, -0.2) is 0 Å². The summed E-state index contributed by atoms with van der Waals surface area (Å²) in [5.41, 5.74) is 2.19. The summed E-state index contributed by atoms with van der Waals surface area (Å²) in [7, 11) is 0. The third kappa shape index (κ3) is 4.26. The van der Waals surface area contributed by atoms with Gasteiger partial charge in [-0.2, -0.15) is 0 Å². The maximum absolute atomic E-state index is 3.94. The first-order chi connectivity index (χ1) is 7.24. The van der Waals surface area contributed by atoms with Gasteiger partial charge in [-0.15, -0.1) is 0 Å². The molecule has 0 aliphatic rings. The summed E-state index contributed by atoms with van der Waals surface area (Å²) in [6.45, 7) is 8.08. The molecule has 0 atom stereocenters. The van der Waals surface area contributed by atoms with E-state index in [0.29, 0.717) is 0 Å². The summed E-state index contributed by atoms with van der Waals surface area (Å²) in [5, 5.41) is 0. The third-order valence-corrected chi connectivity index (χ3v) is 2.72. The Kier molecular flexibility index (Phi) is 5.05. The molecule has 0 saturated carbocycles. The lowest BCUT2D eigenvalue weighted by Crippen LogP contribution is -2.03. The average Bonchev–Trinajstić information content (AvgIpc) is 2.25. The first-order valence-electron chi connectivity index (χ1n) is 5.08. The van der Waals surface area contributed by atoms with Crippen LogP contribution < -0.4 is 4.72 Å². The van der Waals surface area contributed by atoms with E-state index < -0.39 is 0 Å². The van der Waals surface area contributed by atoms with Crippen molar-refractivity contribution in [1.29, 1.82) is 0 Å². The minimum atomic E-state index is 1.02. The van der Waals surface area contributed by atoms with Gasteiger partial charge in [0.1, 0.15) is 0 Å². The van der Waals surface area contributed by atoms with E-state index in [-0.39, 0.29) is 0 Å². The molecular weight excluding hydrogens is 202 g/mol. The molecule has 1 nitrogen and oxygen atoms in total. The molecule has 0 spiro atoms. The van der Waals surface area contributed by atoms with Crippen molar-refractivity contribution >= 4 is 11.9 Å². The van der Waals surface area contributed by atoms with Gasteiger partial charge in [-0.1, -0.05) is 37.8 Å². The number of allylic oxidation sites excluding steroid dienone is 2. The summed E-state index contributed by atoms with van der Waals surface area (Å²) in [5.74, 6) is 0. The summed E-state index contributed by atoms with van der Waals surface area (Å²) in [6, 6.07) is 10.3. The van der Waals surface area contributed by atoms with Crippen LogP contribution in [0.4, 0.5) is 0 Å². The fourth-order valence-corrected chi connectivity index (χ4v) is 1.89. The van der Waals surface area contributed by atoms with E-state index in [9.17, 15) is 0 Å². The highest BCUT2D eigenvalue weighted by Gasteiger charge is 1.97. The van der Waals surface area contributed by atoms with E-state index in [1.165, 1.54) is 4.90 Å². The Labute approximate surface area is 96.4 Å².